The van der Waals surface area contributed by atoms with Crippen LogP contribution in [0.25, 0.3) is 6.08 Å². The van der Waals surface area contributed by atoms with Crippen molar-refractivity contribution < 1.29 is 31.8 Å². The first-order chi connectivity index (χ1) is 14.4. The van der Waals surface area contributed by atoms with Crippen molar-refractivity contribution in [3.63, 3.8) is 0 Å². The molecular weight excluding hydrogens is 402 g/mol. The maximum atomic E-state index is 14.4. The summed E-state index contributed by atoms with van der Waals surface area (Å²) in [4.78, 5) is 13.6. The number of rotatable bonds is 7. The molecule has 1 aliphatic rings. The Morgan fingerprint density at radius 2 is 1.63 bits per heavy atom. The van der Waals surface area contributed by atoms with E-state index in [1.165, 1.54) is 30.3 Å². The zero-order valence-corrected chi connectivity index (χ0v) is 16.4. The highest BCUT2D eigenvalue weighted by molar-refractivity contribution is 5.95. The van der Waals surface area contributed by atoms with Crippen LogP contribution in [0.5, 0.6) is 11.5 Å². The molecule has 1 heterocycles. The molecule has 2 aromatic carbocycles. The van der Waals surface area contributed by atoms with Crippen LogP contribution in [0.15, 0.2) is 30.3 Å². The number of carbonyl (C=O) groups excluding carboxylic acids is 1. The van der Waals surface area contributed by atoms with E-state index in [1.54, 1.807) is 6.92 Å². The van der Waals surface area contributed by atoms with E-state index in [0.29, 0.717) is 44.8 Å². The Hall–Kier alpha value is -2.71. The minimum atomic E-state index is -1.63. The Kier molecular flexibility index (Phi) is 7.23. The molecule has 8 heteroatoms. The summed E-state index contributed by atoms with van der Waals surface area (Å²) in [5.41, 5.74) is -0.418. The number of halogens is 4. The van der Waals surface area contributed by atoms with E-state index in [9.17, 15) is 22.4 Å². The molecule has 2 aromatic rings. The zero-order chi connectivity index (χ0) is 21.7. The number of benzene rings is 2. The third kappa shape index (κ3) is 4.88. The summed E-state index contributed by atoms with van der Waals surface area (Å²) in [7, 11) is 0. The molecule has 0 bridgehead atoms. The molecular formula is C22H21F4NO3. The first-order valence-corrected chi connectivity index (χ1v) is 9.56. The quantitative estimate of drug-likeness (QED) is 0.358. The van der Waals surface area contributed by atoms with Crippen molar-refractivity contribution in [1.29, 1.82) is 0 Å². The Labute approximate surface area is 171 Å². The molecule has 1 saturated heterocycles. The third-order valence-electron chi connectivity index (χ3n) is 4.73. The molecule has 0 aliphatic carbocycles. The van der Waals surface area contributed by atoms with Crippen molar-refractivity contribution in [1.82, 2.24) is 4.90 Å². The van der Waals surface area contributed by atoms with E-state index in [0.717, 1.165) is 6.08 Å². The van der Waals surface area contributed by atoms with Gasteiger partial charge in [0.1, 0.15) is 5.75 Å². The number of ketones is 1. The summed E-state index contributed by atoms with van der Waals surface area (Å²) >= 11 is 0. The second-order valence-electron chi connectivity index (χ2n) is 6.72. The molecule has 0 aromatic heterocycles. The maximum absolute atomic E-state index is 14.4. The van der Waals surface area contributed by atoms with Gasteiger partial charge in [-0.15, -0.1) is 0 Å². The number of ether oxygens (including phenoxy) is 2. The first-order valence-electron chi connectivity index (χ1n) is 9.56. The van der Waals surface area contributed by atoms with Crippen LogP contribution >= 0.6 is 0 Å². The van der Waals surface area contributed by atoms with Crippen molar-refractivity contribution in [2.45, 2.75) is 13.3 Å². The predicted octanol–water partition coefficient (Wildman–Crippen LogP) is 4.97. The van der Waals surface area contributed by atoms with Crippen molar-refractivity contribution in [3.8, 4) is 11.5 Å². The molecule has 1 fully saturated rings. The Balaban J connectivity index is 1.80. The van der Waals surface area contributed by atoms with E-state index in [-0.39, 0.29) is 11.5 Å². The van der Waals surface area contributed by atoms with Crippen LogP contribution in [0.3, 0.4) is 0 Å². The lowest BCUT2D eigenvalue weighted by Crippen LogP contribution is -2.36. The molecule has 0 radical (unpaired) electrons. The first kappa shape index (κ1) is 22.0. The second kappa shape index (κ2) is 9.86. The van der Waals surface area contributed by atoms with Gasteiger partial charge in [-0.1, -0.05) is 19.1 Å². The molecule has 160 valence electrons. The van der Waals surface area contributed by atoms with E-state index < -0.39 is 34.6 Å². The molecule has 0 atom stereocenters. The maximum Gasteiger partial charge on any atom is 0.205 e. The van der Waals surface area contributed by atoms with Gasteiger partial charge >= 0.3 is 0 Å². The fourth-order valence-corrected chi connectivity index (χ4v) is 3.00. The summed E-state index contributed by atoms with van der Waals surface area (Å²) in [5, 5.41) is 0. The molecule has 4 nitrogen and oxygen atoms in total. The largest absolute Gasteiger partial charge is 0.451 e. The molecule has 30 heavy (non-hydrogen) atoms. The highest BCUT2D eigenvalue weighted by Crippen LogP contribution is 2.34. The fourth-order valence-electron chi connectivity index (χ4n) is 3.00. The van der Waals surface area contributed by atoms with Crippen molar-refractivity contribution in [2.75, 3.05) is 32.8 Å². The van der Waals surface area contributed by atoms with Crippen molar-refractivity contribution >= 4 is 11.9 Å². The Bertz CT molecular complexity index is 909. The number of hydrogen-bond acceptors (Lipinski definition) is 4. The summed E-state index contributed by atoms with van der Waals surface area (Å²) in [5.74, 6) is -7.70. The van der Waals surface area contributed by atoms with E-state index in [1.807, 2.05) is 4.90 Å². The van der Waals surface area contributed by atoms with E-state index >= 15 is 0 Å². The van der Waals surface area contributed by atoms with Gasteiger partial charge in [0.2, 0.25) is 17.4 Å². The second-order valence-corrected chi connectivity index (χ2v) is 6.72. The number of hydrogen-bond donors (Lipinski definition) is 0. The summed E-state index contributed by atoms with van der Waals surface area (Å²) in [6, 6.07) is 5.42. The molecule has 0 saturated carbocycles. The molecule has 3 rings (SSSR count). The number of nitrogens with zero attached hydrogens (tertiary/aromatic N) is 1. The van der Waals surface area contributed by atoms with Crippen LogP contribution in [0.1, 0.15) is 29.3 Å². The van der Waals surface area contributed by atoms with Gasteiger partial charge in [0.15, 0.2) is 17.4 Å². The predicted molar refractivity (Wildman–Crippen MR) is 104 cm³/mol. The van der Waals surface area contributed by atoms with E-state index in [2.05, 4.69) is 0 Å². The minimum Gasteiger partial charge on any atom is -0.451 e. The van der Waals surface area contributed by atoms with Crippen LogP contribution < -0.4 is 4.74 Å². The lowest BCUT2D eigenvalue weighted by Gasteiger charge is -2.25. The molecule has 1 aliphatic heterocycles. The molecule has 0 amide bonds. The molecule has 0 N–H and O–H groups in total. The highest BCUT2D eigenvalue weighted by Gasteiger charge is 2.26. The number of Topliss-reactive ketones (excluding diaryl/α,β-unsaturated/α-hetero) is 1. The lowest BCUT2D eigenvalue weighted by atomic mass is 10.1. The van der Waals surface area contributed by atoms with E-state index in [4.69, 9.17) is 9.47 Å². The normalized spacial score (nSPS) is 15.0. The van der Waals surface area contributed by atoms with Crippen LogP contribution in [-0.2, 0) is 4.74 Å². The van der Waals surface area contributed by atoms with Gasteiger partial charge in [-0.3, -0.25) is 9.69 Å². The molecule has 0 unspecified atom stereocenters. The monoisotopic (exact) mass is 423 g/mol. The van der Waals surface area contributed by atoms with Crippen LogP contribution in [0.4, 0.5) is 17.6 Å². The van der Waals surface area contributed by atoms with Gasteiger partial charge < -0.3 is 9.47 Å². The average molecular weight is 423 g/mol. The van der Waals surface area contributed by atoms with Gasteiger partial charge in [0, 0.05) is 31.6 Å². The lowest BCUT2D eigenvalue weighted by molar-refractivity contribution is 0.0435. The smallest absolute Gasteiger partial charge is 0.205 e. The van der Waals surface area contributed by atoms with Gasteiger partial charge in [0.05, 0.1) is 18.8 Å². The highest BCUT2D eigenvalue weighted by atomic mass is 19.2. The van der Waals surface area contributed by atoms with Gasteiger partial charge in [-0.2, -0.15) is 8.78 Å². The van der Waals surface area contributed by atoms with Gasteiger partial charge in [-0.05, 0) is 24.3 Å². The number of carbonyl (C=O) groups is 1. The Morgan fingerprint density at radius 3 is 2.20 bits per heavy atom. The topological polar surface area (TPSA) is 38.8 Å². The standard InChI is InChI=1S/C22H21F4NO3/c1-2-17(28)14-5-7-15(8-6-14)30-22-20(25)18(23)16(19(24)21(22)26)4-3-9-27-10-12-29-13-11-27/h3-8H,2,9-13H2,1H3/b4-3+. The number of morpholine rings is 1. The molecule has 0 spiro atoms. The SMILES string of the molecule is CCC(=O)c1ccc(Oc2c(F)c(F)c(/C=C/CN3CCOCC3)c(F)c2F)cc1. The van der Waals surface area contributed by atoms with Gasteiger partial charge in [0.25, 0.3) is 0 Å². The zero-order valence-electron chi connectivity index (χ0n) is 16.4. The summed E-state index contributed by atoms with van der Waals surface area (Å²) < 4.78 is 67.9. The van der Waals surface area contributed by atoms with Crippen molar-refractivity contribution in [3.05, 3.63) is 64.7 Å². The average Bonchev–Trinajstić information content (AvgIpc) is 2.78. The third-order valence-corrected chi connectivity index (χ3v) is 4.73. The van der Waals surface area contributed by atoms with Crippen LogP contribution in [-0.4, -0.2) is 43.5 Å². The summed E-state index contributed by atoms with van der Waals surface area (Å²) in [6.07, 6.45) is 2.75. The summed E-state index contributed by atoms with van der Waals surface area (Å²) in [6.45, 7) is 4.49. The van der Waals surface area contributed by atoms with Crippen molar-refractivity contribution in [2.24, 2.45) is 0 Å². The van der Waals surface area contributed by atoms with Crippen LogP contribution in [0, 0.1) is 23.3 Å². The van der Waals surface area contributed by atoms with Gasteiger partial charge in [-0.25, -0.2) is 8.78 Å². The fraction of sp³-hybridized carbons (Fsp3) is 0.318. The van der Waals surface area contributed by atoms with Crippen LogP contribution in [0.2, 0.25) is 0 Å². The minimum absolute atomic E-state index is 0.0603. The Morgan fingerprint density at radius 1 is 1.03 bits per heavy atom.